The number of hydrogen-bond donors (Lipinski definition) is 3. The van der Waals surface area contributed by atoms with Crippen LogP contribution in [0.1, 0.15) is 11.1 Å². The lowest BCUT2D eigenvalue weighted by atomic mass is 10.2. The number of carbonyl (C=O) groups excluding carboxylic acids is 2. The van der Waals surface area contributed by atoms with Gasteiger partial charge in [-0.05, 0) is 42.8 Å². The molecule has 0 bridgehead atoms. The van der Waals surface area contributed by atoms with Crippen molar-refractivity contribution < 1.29 is 36.4 Å². The van der Waals surface area contributed by atoms with Crippen molar-refractivity contribution in [3.05, 3.63) is 108 Å². The molecule has 3 aromatic carbocycles. The van der Waals surface area contributed by atoms with Crippen LogP contribution in [0, 0.1) is 12.7 Å². The van der Waals surface area contributed by atoms with Crippen LogP contribution in [-0.4, -0.2) is 20.4 Å². The number of nitrogens with zero attached hydrogens (tertiary/aromatic N) is 1. The number of pyridine rings is 1. The van der Waals surface area contributed by atoms with Gasteiger partial charge in [0.2, 0.25) is 0 Å². The van der Waals surface area contributed by atoms with Crippen molar-refractivity contribution in [2.24, 2.45) is 5.73 Å². The fourth-order valence-corrected chi connectivity index (χ4v) is 4.63. The van der Waals surface area contributed by atoms with E-state index in [4.69, 9.17) is 15.2 Å². The fraction of sp³-hybridized carbons (Fsp3) is 0.107. The van der Waals surface area contributed by atoms with Gasteiger partial charge in [0.1, 0.15) is 17.7 Å². The van der Waals surface area contributed by atoms with E-state index in [1.807, 2.05) is 25.1 Å². The lowest BCUT2D eigenvalue weighted by molar-refractivity contribution is -0.670. The summed E-state index contributed by atoms with van der Waals surface area (Å²) >= 11 is 0. The molecule has 4 N–H and O–H groups in total. The lowest BCUT2D eigenvalue weighted by Gasteiger charge is -2.11. The summed E-state index contributed by atoms with van der Waals surface area (Å²) in [4.78, 5) is 23.7. The molecule has 4 rings (SSSR count). The van der Waals surface area contributed by atoms with Crippen molar-refractivity contribution in [3.8, 4) is 11.5 Å². The summed E-state index contributed by atoms with van der Waals surface area (Å²) in [5.41, 5.74) is 7.18. The minimum atomic E-state index is -3.97. The second-order valence-electron chi connectivity index (χ2n) is 8.70. The number of halogens is 1. The molecular weight excluding hydrogens is 539 g/mol. The zero-order chi connectivity index (χ0) is 28.7. The Kier molecular flexibility index (Phi) is 8.60. The number of sulfonamides is 1. The Bertz CT molecular complexity index is 1630. The number of aromatic nitrogens is 1. The van der Waals surface area contributed by atoms with Gasteiger partial charge in [0.05, 0.1) is 0 Å². The molecule has 0 saturated carbocycles. The number of rotatable bonds is 10. The molecule has 12 heteroatoms. The maximum Gasteiger partial charge on any atom is 0.411 e. The predicted octanol–water partition coefficient (Wildman–Crippen LogP) is 4.25. The van der Waals surface area contributed by atoms with Crippen LogP contribution < -0.4 is 25.1 Å². The minimum absolute atomic E-state index is 0.0313. The Hall–Kier alpha value is -4.97. The molecular formula is C28H26FN4O6S+. The molecule has 10 nitrogen and oxygen atoms in total. The number of carbonyl (C=O) groups is 2. The number of amides is 2. The fourth-order valence-electron chi connectivity index (χ4n) is 3.55. The summed E-state index contributed by atoms with van der Waals surface area (Å²) in [6.07, 6.45) is 0.553. The summed E-state index contributed by atoms with van der Waals surface area (Å²) in [5, 5.41) is 2.44. The first-order chi connectivity index (χ1) is 19.1. The number of ether oxygens (including phenoxy) is 2. The lowest BCUT2D eigenvalue weighted by Crippen LogP contribution is -2.43. The molecule has 0 aliphatic carbocycles. The maximum absolute atomic E-state index is 14.8. The summed E-state index contributed by atoms with van der Waals surface area (Å²) in [5.74, 6) is -1.56. The Morgan fingerprint density at radius 3 is 2.38 bits per heavy atom. The van der Waals surface area contributed by atoms with Crippen LogP contribution >= 0.6 is 0 Å². The summed E-state index contributed by atoms with van der Waals surface area (Å²) < 4.78 is 54.8. The van der Waals surface area contributed by atoms with E-state index in [1.165, 1.54) is 47.2 Å². The van der Waals surface area contributed by atoms with E-state index < -0.39 is 27.8 Å². The standard InChI is InChI=1S/C28H25FN4O6S/c1-19-7-11-23(12-8-19)40(36,37)32-27-14-10-22(16-33(27)17-26(30)34)39-25-13-9-21(15-24(25)29)31-28(35)38-18-20-5-3-2-4-6-20/h2-16H,17-18H2,1H3,(H3,30,31,34,35)/p+1. The Morgan fingerprint density at radius 2 is 1.70 bits per heavy atom. The smallest absolute Gasteiger partial charge is 0.411 e. The highest BCUT2D eigenvalue weighted by Gasteiger charge is 2.24. The third kappa shape index (κ3) is 7.54. The van der Waals surface area contributed by atoms with E-state index in [1.54, 1.807) is 24.3 Å². The summed E-state index contributed by atoms with van der Waals surface area (Å²) in [7, 11) is -3.97. The van der Waals surface area contributed by atoms with E-state index in [0.29, 0.717) is 0 Å². The number of nitrogens with one attached hydrogen (secondary N) is 2. The van der Waals surface area contributed by atoms with Gasteiger partial charge in [0, 0.05) is 17.8 Å². The molecule has 0 atom stereocenters. The number of anilines is 2. The molecule has 0 unspecified atom stereocenters. The molecule has 206 valence electrons. The summed E-state index contributed by atoms with van der Waals surface area (Å²) in [6, 6.07) is 21.9. The van der Waals surface area contributed by atoms with Gasteiger partial charge >= 0.3 is 16.1 Å². The normalized spacial score (nSPS) is 10.9. The zero-order valence-corrected chi connectivity index (χ0v) is 22.2. The van der Waals surface area contributed by atoms with E-state index in [9.17, 15) is 22.4 Å². The van der Waals surface area contributed by atoms with Crippen LogP contribution in [0.2, 0.25) is 0 Å². The van der Waals surface area contributed by atoms with E-state index >= 15 is 0 Å². The van der Waals surface area contributed by atoms with Gasteiger partial charge in [-0.15, -0.1) is 0 Å². The molecule has 0 radical (unpaired) electrons. The monoisotopic (exact) mass is 565 g/mol. The maximum atomic E-state index is 14.8. The Balaban J connectivity index is 1.46. The molecule has 0 aliphatic rings. The van der Waals surface area contributed by atoms with E-state index in [0.717, 1.165) is 17.2 Å². The van der Waals surface area contributed by atoms with Crippen LogP contribution in [-0.2, 0) is 32.7 Å². The van der Waals surface area contributed by atoms with Gasteiger partial charge in [0.15, 0.2) is 23.9 Å². The number of nitrogens with two attached hydrogens (primary N) is 1. The number of benzene rings is 3. The first-order valence-corrected chi connectivity index (χ1v) is 13.4. The molecule has 0 aliphatic heterocycles. The Labute approximate surface area is 230 Å². The molecule has 0 spiro atoms. The first-order valence-electron chi connectivity index (χ1n) is 12.0. The highest BCUT2D eigenvalue weighted by molar-refractivity contribution is 7.92. The topological polar surface area (TPSA) is 141 Å². The highest BCUT2D eigenvalue weighted by Crippen LogP contribution is 2.27. The van der Waals surface area contributed by atoms with Gasteiger partial charge in [-0.2, -0.15) is 13.1 Å². The molecule has 1 aromatic heterocycles. The molecule has 0 saturated heterocycles. The predicted molar refractivity (Wildman–Crippen MR) is 145 cm³/mol. The quantitative estimate of drug-likeness (QED) is 0.246. The van der Waals surface area contributed by atoms with Gasteiger partial charge in [-0.3, -0.25) is 10.1 Å². The van der Waals surface area contributed by atoms with Crippen molar-refractivity contribution in [3.63, 3.8) is 0 Å². The number of primary amides is 1. The number of aryl methyl sites for hydroxylation is 1. The number of hydrogen-bond acceptors (Lipinski definition) is 6. The Morgan fingerprint density at radius 1 is 0.975 bits per heavy atom. The van der Waals surface area contributed by atoms with Gasteiger partial charge < -0.3 is 15.2 Å². The van der Waals surface area contributed by atoms with E-state index in [-0.39, 0.29) is 41.1 Å². The molecule has 1 heterocycles. The molecule has 2 amide bonds. The second kappa shape index (κ2) is 12.3. The van der Waals surface area contributed by atoms with Crippen LogP contribution in [0.15, 0.2) is 96.0 Å². The molecule has 40 heavy (non-hydrogen) atoms. The molecule has 4 aromatic rings. The third-order valence-corrected chi connectivity index (χ3v) is 6.88. The average molecular weight is 566 g/mol. The van der Waals surface area contributed by atoms with Crippen molar-refractivity contribution in [1.82, 2.24) is 0 Å². The SMILES string of the molecule is Cc1ccc(S(=O)(=O)Nc2ccc(Oc3ccc(NC(=O)OCc4ccccc4)cc3F)c[n+]2CC(N)=O)cc1. The summed E-state index contributed by atoms with van der Waals surface area (Å²) in [6.45, 7) is 1.51. The van der Waals surface area contributed by atoms with Crippen LogP contribution in [0.25, 0.3) is 0 Å². The van der Waals surface area contributed by atoms with Crippen molar-refractivity contribution in [2.75, 3.05) is 10.0 Å². The van der Waals surface area contributed by atoms with Gasteiger partial charge in [-0.25, -0.2) is 13.8 Å². The van der Waals surface area contributed by atoms with Crippen LogP contribution in [0.5, 0.6) is 11.5 Å². The second-order valence-corrected chi connectivity index (χ2v) is 10.4. The van der Waals surface area contributed by atoms with Gasteiger partial charge in [-0.1, -0.05) is 48.0 Å². The zero-order valence-electron chi connectivity index (χ0n) is 21.3. The van der Waals surface area contributed by atoms with E-state index in [2.05, 4.69) is 10.0 Å². The minimum Gasteiger partial charge on any atom is -0.450 e. The van der Waals surface area contributed by atoms with Crippen molar-refractivity contribution in [2.45, 2.75) is 25.0 Å². The largest absolute Gasteiger partial charge is 0.450 e. The van der Waals surface area contributed by atoms with Crippen LogP contribution in [0.3, 0.4) is 0 Å². The van der Waals surface area contributed by atoms with Crippen molar-refractivity contribution in [1.29, 1.82) is 0 Å². The average Bonchev–Trinajstić information content (AvgIpc) is 2.91. The first kappa shape index (κ1) is 28.0. The highest BCUT2D eigenvalue weighted by atomic mass is 32.2. The third-order valence-electron chi connectivity index (χ3n) is 5.51. The van der Waals surface area contributed by atoms with Gasteiger partial charge in [0.25, 0.3) is 11.7 Å². The van der Waals surface area contributed by atoms with Crippen LogP contribution in [0.4, 0.5) is 20.7 Å². The van der Waals surface area contributed by atoms with Crippen molar-refractivity contribution >= 4 is 33.5 Å². The molecule has 0 fully saturated rings.